The van der Waals surface area contributed by atoms with E-state index >= 15 is 0 Å². The highest BCUT2D eigenvalue weighted by Gasteiger charge is 2.36. The lowest BCUT2D eigenvalue weighted by molar-refractivity contribution is -0.198. The summed E-state index contributed by atoms with van der Waals surface area (Å²) in [5.41, 5.74) is 0.870. The molecule has 1 aliphatic rings. The molecule has 2 heterocycles. The Balaban J connectivity index is 1.80. The van der Waals surface area contributed by atoms with E-state index in [1.807, 2.05) is 24.3 Å². The first-order valence-corrected chi connectivity index (χ1v) is 9.26. The first-order chi connectivity index (χ1) is 13.6. The molecular weight excluding hydrogens is 378 g/mol. The molecule has 29 heavy (non-hydrogen) atoms. The summed E-state index contributed by atoms with van der Waals surface area (Å²) >= 11 is 0. The molecular formula is C20H23N3O6. The van der Waals surface area contributed by atoms with Gasteiger partial charge in [0.1, 0.15) is 11.6 Å². The summed E-state index contributed by atoms with van der Waals surface area (Å²) in [5.74, 6) is -2.11. The van der Waals surface area contributed by atoms with Gasteiger partial charge < -0.3 is 19.9 Å². The van der Waals surface area contributed by atoms with E-state index in [0.717, 1.165) is 16.5 Å². The number of nitrogens with one attached hydrogen (secondary N) is 2. The smallest absolute Gasteiger partial charge is 0.408 e. The van der Waals surface area contributed by atoms with E-state index in [2.05, 4.69) is 10.3 Å². The maximum Gasteiger partial charge on any atom is 0.408 e. The first kappa shape index (κ1) is 20.4. The van der Waals surface area contributed by atoms with E-state index in [9.17, 15) is 19.2 Å². The normalized spacial score (nSPS) is 15.5. The number of carbonyl (C=O) groups excluding carboxylic acids is 4. The monoisotopic (exact) mass is 401 g/mol. The molecule has 0 unspecified atom stereocenters. The Hall–Kier alpha value is -3.36. The predicted molar refractivity (Wildman–Crippen MR) is 102 cm³/mol. The van der Waals surface area contributed by atoms with Crippen LogP contribution in [0.25, 0.3) is 10.9 Å². The van der Waals surface area contributed by atoms with Crippen molar-refractivity contribution < 1.29 is 28.8 Å². The van der Waals surface area contributed by atoms with Gasteiger partial charge in [0, 0.05) is 36.4 Å². The molecule has 1 saturated heterocycles. The molecule has 1 aliphatic heterocycles. The number of amides is 3. The van der Waals surface area contributed by atoms with Gasteiger partial charge in [-0.1, -0.05) is 18.2 Å². The number of aromatic amines is 1. The Morgan fingerprint density at radius 2 is 1.83 bits per heavy atom. The number of rotatable bonds is 5. The number of benzene rings is 1. The number of ether oxygens (including phenoxy) is 1. The van der Waals surface area contributed by atoms with Crippen LogP contribution < -0.4 is 5.32 Å². The lowest BCUT2D eigenvalue weighted by Gasteiger charge is -2.23. The number of fused-ring (bicyclic) bond motifs is 1. The van der Waals surface area contributed by atoms with Gasteiger partial charge in [-0.2, -0.15) is 0 Å². The number of para-hydroxylation sites is 1. The average Bonchev–Trinajstić information content (AvgIpc) is 3.18. The second-order valence-corrected chi connectivity index (χ2v) is 7.75. The van der Waals surface area contributed by atoms with Crippen molar-refractivity contribution in [3.63, 3.8) is 0 Å². The Kier molecular flexibility index (Phi) is 5.58. The molecule has 0 saturated carbocycles. The van der Waals surface area contributed by atoms with Crippen LogP contribution in [0.15, 0.2) is 30.5 Å². The fourth-order valence-corrected chi connectivity index (χ4v) is 2.97. The highest BCUT2D eigenvalue weighted by Crippen LogP contribution is 2.20. The van der Waals surface area contributed by atoms with Gasteiger partial charge in [-0.3, -0.25) is 9.59 Å². The molecule has 154 valence electrons. The van der Waals surface area contributed by atoms with Crippen LogP contribution >= 0.6 is 0 Å². The van der Waals surface area contributed by atoms with E-state index < -0.39 is 35.5 Å². The molecule has 1 atom stereocenters. The van der Waals surface area contributed by atoms with Crippen molar-refractivity contribution in [2.24, 2.45) is 0 Å². The minimum absolute atomic E-state index is 0.0152. The third kappa shape index (κ3) is 4.92. The van der Waals surface area contributed by atoms with E-state index in [4.69, 9.17) is 9.57 Å². The molecule has 1 fully saturated rings. The summed E-state index contributed by atoms with van der Waals surface area (Å²) in [7, 11) is 0. The molecule has 0 bridgehead atoms. The Labute approximate surface area is 167 Å². The van der Waals surface area contributed by atoms with Gasteiger partial charge in [-0.05, 0) is 32.4 Å². The van der Waals surface area contributed by atoms with Crippen LogP contribution in [0.4, 0.5) is 4.79 Å². The Morgan fingerprint density at radius 1 is 1.17 bits per heavy atom. The molecule has 2 N–H and O–H groups in total. The summed E-state index contributed by atoms with van der Waals surface area (Å²) in [6, 6.07) is 6.33. The van der Waals surface area contributed by atoms with Crippen molar-refractivity contribution in [2.45, 2.75) is 51.7 Å². The second kappa shape index (κ2) is 7.94. The number of H-pyrrole nitrogens is 1. The Bertz CT molecular complexity index is 943. The van der Waals surface area contributed by atoms with E-state index in [-0.39, 0.29) is 19.3 Å². The van der Waals surface area contributed by atoms with Crippen molar-refractivity contribution in [1.82, 2.24) is 15.4 Å². The number of nitrogens with zero attached hydrogens (tertiary/aromatic N) is 1. The topological polar surface area (TPSA) is 118 Å². The van der Waals surface area contributed by atoms with E-state index in [1.165, 1.54) is 0 Å². The molecule has 1 aromatic heterocycles. The van der Waals surface area contributed by atoms with Crippen molar-refractivity contribution >= 4 is 34.8 Å². The second-order valence-electron chi connectivity index (χ2n) is 7.75. The van der Waals surface area contributed by atoms with Crippen LogP contribution in [0, 0.1) is 0 Å². The third-order valence-electron chi connectivity index (χ3n) is 4.26. The number of alkyl carbamates (subject to hydrolysis) is 1. The zero-order valence-corrected chi connectivity index (χ0v) is 16.5. The zero-order chi connectivity index (χ0) is 21.2. The van der Waals surface area contributed by atoms with E-state index in [1.54, 1.807) is 27.0 Å². The number of hydroxylamine groups is 2. The quantitative estimate of drug-likeness (QED) is 0.742. The summed E-state index contributed by atoms with van der Waals surface area (Å²) in [6.45, 7) is 5.09. The lowest BCUT2D eigenvalue weighted by atomic mass is 10.1. The van der Waals surface area contributed by atoms with Gasteiger partial charge in [-0.15, -0.1) is 5.06 Å². The molecule has 3 amide bonds. The minimum atomic E-state index is -1.16. The van der Waals surface area contributed by atoms with Crippen LogP contribution in [-0.4, -0.2) is 45.6 Å². The highest BCUT2D eigenvalue weighted by atomic mass is 16.7. The number of aromatic nitrogens is 1. The van der Waals surface area contributed by atoms with Gasteiger partial charge in [0.25, 0.3) is 11.8 Å². The predicted octanol–water partition coefficient (Wildman–Crippen LogP) is 2.21. The van der Waals surface area contributed by atoms with Crippen LogP contribution in [0.5, 0.6) is 0 Å². The SMILES string of the molecule is CC(C)(C)OC(=O)N[C@@H](Cc1c[nH]c2ccccc12)C(=O)ON1C(=O)CCC1=O. The summed E-state index contributed by atoms with van der Waals surface area (Å²) in [6.07, 6.45) is 0.974. The van der Waals surface area contributed by atoms with Gasteiger partial charge in [0.15, 0.2) is 0 Å². The van der Waals surface area contributed by atoms with Crippen LogP contribution in [0.3, 0.4) is 0 Å². The van der Waals surface area contributed by atoms with Crippen LogP contribution in [-0.2, 0) is 30.4 Å². The number of hydrogen-bond acceptors (Lipinski definition) is 6. The van der Waals surface area contributed by atoms with Gasteiger partial charge in [0.05, 0.1) is 0 Å². The molecule has 0 spiro atoms. The fraction of sp³-hybridized carbons (Fsp3) is 0.400. The Morgan fingerprint density at radius 3 is 2.48 bits per heavy atom. The fourth-order valence-electron chi connectivity index (χ4n) is 2.97. The number of hydrogen-bond donors (Lipinski definition) is 2. The largest absolute Gasteiger partial charge is 0.444 e. The van der Waals surface area contributed by atoms with Gasteiger partial charge >= 0.3 is 12.1 Å². The molecule has 1 aromatic carbocycles. The van der Waals surface area contributed by atoms with E-state index in [0.29, 0.717) is 5.06 Å². The maximum absolute atomic E-state index is 12.7. The lowest BCUT2D eigenvalue weighted by Crippen LogP contribution is -2.47. The number of imide groups is 1. The zero-order valence-electron chi connectivity index (χ0n) is 16.5. The molecule has 9 nitrogen and oxygen atoms in total. The van der Waals surface area contributed by atoms with Crippen molar-refractivity contribution in [3.05, 3.63) is 36.0 Å². The van der Waals surface area contributed by atoms with Crippen molar-refractivity contribution in [1.29, 1.82) is 0 Å². The molecule has 9 heteroatoms. The first-order valence-electron chi connectivity index (χ1n) is 9.26. The van der Waals surface area contributed by atoms with Gasteiger partial charge in [0.2, 0.25) is 0 Å². The highest BCUT2D eigenvalue weighted by molar-refractivity contribution is 6.02. The summed E-state index contributed by atoms with van der Waals surface area (Å²) < 4.78 is 5.22. The number of carbonyl (C=O) groups is 4. The average molecular weight is 401 g/mol. The van der Waals surface area contributed by atoms with Gasteiger partial charge in [-0.25, -0.2) is 9.59 Å². The molecule has 3 rings (SSSR count). The summed E-state index contributed by atoms with van der Waals surface area (Å²) in [4.78, 5) is 56.6. The molecule has 0 aliphatic carbocycles. The van der Waals surface area contributed by atoms with Crippen LogP contribution in [0.1, 0.15) is 39.2 Å². The van der Waals surface area contributed by atoms with Crippen molar-refractivity contribution in [3.8, 4) is 0 Å². The van der Waals surface area contributed by atoms with Crippen molar-refractivity contribution in [2.75, 3.05) is 0 Å². The third-order valence-corrected chi connectivity index (χ3v) is 4.26. The molecule has 0 radical (unpaired) electrons. The maximum atomic E-state index is 12.7. The summed E-state index contributed by atoms with van der Waals surface area (Å²) in [5, 5.41) is 3.82. The molecule has 2 aromatic rings. The van der Waals surface area contributed by atoms with Crippen LogP contribution in [0.2, 0.25) is 0 Å². The minimum Gasteiger partial charge on any atom is -0.444 e. The standard InChI is InChI=1S/C20H23N3O6/c1-20(2,3)28-19(27)22-15(18(26)29-23-16(24)8-9-17(23)25)10-12-11-21-14-7-5-4-6-13(12)14/h4-7,11,15,21H,8-10H2,1-3H3,(H,22,27)/t15-/m0/s1.